The lowest BCUT2D eigenvalue weighted by Crippen LogP contribution is -2.09. The van der Waals surface area contributed by atoms with Crippen molar-refractivity contribution in [1.82, 2.24) is 19.7 Å². The van der Waals surface area contributed by atoms with Gasteiger partial charge in [0, 0.05) is 24.0 Å². The molecular formula is C8H11N5S2. The summed E-state index contributed by atoms with van der Waals surface area (Å²) >= 11 is 6.70. The normalized spacial score (nSPS) is 12.9. The van der Waals surface area contributed by atoms with Crippen LogP contribution in [0.25, 0.3) is 0 Å². The Labute approximate surface area is 96.0 Å². The number of anilines is 1. The topological polar surface area (TPSA) is 72.5 Å². The monoisotopic (exact) mass is 241 g/mol. The van der Waals surface area contributed by atoms with Gasteiger partial charge in [0.1, 0.15) is 0 Å². The summed E-state index contributed by atoms with van der Waals surface area (Å²) < 4.78 is 2.33. The Morgan fingerprint density at radius 2 is 2.53 bits per heavy atom. The molecule has 0 aliphatic carbocycles. The van der Waals surface area contributed by atoms with Crippen molar-refractivity contribution >= 4 is 29.5 Å². The van der Waals surface area contributed by atoms with Crippen LogP contribution in [0, 0.1) is 4.77 Å². The molecule has 0 aliphatic rings. The van der Waals surface area contributed by atoms with Gasteiger partial charge in [-0.15, -0.1) is 16.4 Å². The summed E-state index contributed by atoms with van der Waals surface area (Å²) in [5.74, 6) is 0.708. The van der Waals surface area contributed by atoms with E-state index >= 15 is 0 Å². The Bertz CT molecular complexity index is 483. The second-order valence-electron chi connectivity index (χ2n) is 3.27. The molecule has 5 nitrogen and oxygen atoms in total. The molecule has 80 valence electrons. The third-order valence-corrected chi connectivity index (χ3v) is 3.44. The molecule has 1 atom stereocenters. The van der Waals surface area contributed by atoms with Crippen LogP contribution in [0.1, 0.15) is 17.8 Å². The molecular weight excluding hydrogens is 230 g/mol. The highest BCUT2D eigenvalue weighted by Crippen LogP contribution is 2.20. The van der Waals surface area contributed by atoms with Crippen molar-refractivity contribution in [3.8, 4) is 0 Å². The number of H-pyrrole nitrogens is 1. The number of hydrogen-bond donors (Lipinski definition) is 2. The standard InChI is InChI=1S/C8H11N5S2/c1-5(6-10-2-3-15-6)4-13-7(9)11-12-8(13)14/h2-3,5H,4H2,1H3,(H2,9,11)(H,12,14). The van der Waals surface area contributed by atoms with Crippen LogP contribution in [0.15, 0.2) is 11.6 Å². The van der Waals surface area contributed by atoms with E-state index in [9.17, 15) is 0 Å². The van der Waals surface area contributed by atoms with Gasteiger partial charge in [0.2, 0.25) is 5.95 Å². The Hall–Kier alpha value is -1.21. The molecule has 0 aliphatic heterocycles. The van der Waals surface area contributed by atoms with Crippen LogP contribution in [0.2, 0.25) is 0 Å². The maximum atomic E-state index is 5.68. The van der Waals surface area contributed by atoms with Gasteiger partial charge >= 0.3 is 0 Å². The van der Waals surface area contributed by atoms with E-state index < -0.39 is 0 Å². The Kier molecular flexibility index (Phi) is 2.83. The van der Waals surface area contributed by atoms with Crippen LogP contribution < -0.4 is 5.73 Å². The van der Waals surface area contributed by atoms with E-state index in [4.69, 9.17) is 18.0 Å². The first-order valence-corrected chi connectivity index (χ1v) is 5.77. The molecule has 2 heterocycles. The van der Waals surface area contributed by atoms with Crippen LogP contribution in [0.5, 0.6) is 0 Å². The van der Waals surface area contributed by atoms with E-state index in [2.05, 4.69) is 22.1 Å². The first-order valence-electron chi connectivity index (χ1n) is 4.48. The van der Waals surface area contributed by atoms with Crippen molar-refractivity contribution in [2.75, 3.05) is 5.73 Å². The van der Waals surface area contributed by atoms with Gasteiger partial charge in [0.15, 0.2) is 4.77 Å². The number of aromatic nitrogens is 4. The molecule has 0 bridgehead atoms. The van der Waals surface area contributed by atoms with Gasteiger partial charge in [-0.25, -0.2) is 10.1 Å². The molecule has 2 aromatic rings. The number of rotatable bonds is 3. The highest BCUT2D eigenvalue weighted by molar-refractivity contribution is 7.71. The highest BCUT2D eigenvalue weighted by Gasteiger charge is 2.11. The summed E-state index contributed by atoms with van der Waals surface area (Å²) in [7, 11) is 0. The molecule has 0 saturated carbocycles. The summed E-state index contributed by atoms with van der Waals surface area (Å²) in [6.07, 6.45) is 1.80. The van der Waals surface area contributed by atoms with Gasteiger partial charge in [-0.3, -0.25) is 4.57 Å². The minimum absolute atomic E-state index is 0.289. The van der Waals surface area contributed by atoms with Crippen molar-refractivity contribution in [2.24, 2.45) is 0 Å². The highest BCUT2D eigenvalue weighted by atomic mass is 32.1. The summed E-state index contributed by atoms with van der Waals surface area (Å²) in [4.78, 5) is 4.26. The van der Waals surface area contributed by atoms with Gasteiger partial charge < -0.3 is 5.73 Å². The average Bonchev–Trinajstić information content (AvgIpc) is 2.82. The fraction of sp³-hybridized carbons (Fsp3) is 0.375. The maximum Gasteiger partial charge on any atom is 0.220 e. The molecule has 0 amide bonds. The number of thiazole rings is 1. The lowest BCUT2D eigenvalue weighted by Gasteiger charge is -2.09. The molecule has 2 rings (SSSR count). The van der Waals surface area contributed by atoms with E-state index in [-0.39, 0.29) is 5.92 Å². The average molecular weight is 241 g/mol. The predicted octanol–water partition coefficient (Wildman–Crippen LogP) is 1.78. The van der Waals surface area contributed by atoms with Gasteiger partial charge in [-0.2, -0.15) is 0 Å². The zero-order valence-corrected chi connectivity index (χ0v) is 9.81. The molecule has 0 spiro atoms. The summed E-state index contributed by atoms with van der Waals surface area (Å²) in [5.41, 5.74) is 5.68. The molecule has 0 aromatic carbocycles. The van der Waals surface area contributed by atoms with Crippen LogP contribution in [0.4, 0.5) is 5.95 Å². The molecule has 15 heavy (non-hydrogen) atoms. The van der Waals surface area contributed by atoms with Gasteiger partial charge in [-0.1, -0.05) is 6.92 Å². The number of nitrogens with one attached hydrogen (secondary N) is 1. The molecule has 0 radical (unpaired) electrons. The van der Waals surface area contributed by atoms with Crippen molar-refractivity contribution < 1.29 is 0 Å². The number of hydrogen-bond acceptors (Lipinski definition) is 5. The van der Waals surface area contributed by atoms with Crippen LogP contribution in [-0.4, -0.2) is 19.7 Å². The van der Waals surface area contributed by atoms with Gasteiger partial charge in [0.25, 0.3) is 0 Å². The van der Waals surface area contributed by atoms with Crippen LogP contribution in [-0.2, 0) is 6.54 Å². The van der Waals surface area contributed by atoms with E-state index in [0.29, 0.717) is 17.3 Å². The van der Waals surface area contributed by atoms with Crippen LogP contribution >= 0.6 is 23.6 Å². The number of nitrogens with zero attached hydrogens (tertiary/aromatic N) is 3. The van der Waals surface area contributed by atoms with Gasteiger partial charge in [-0.05, 0) is 12.2 Å². The lowest BCUT2D eigenvalue weighted by molar-refractivity contribution is 0.594. The van der Waals surface area contributed by atoms with Crippen molar-refractivity contribution in [3.63, 3.8) is 0 Å². The molecule has 3 N–H and O–H groups in total. The third-order valence-electron chi connectivity index (χ3n) is 2.12. The molecule has 0 fully saturated rings. The number of nitrogens with two attached hydrogens (primary N) is 1. The molecule has 0 saturated heterocycles. The minimum Gasteiger partial charge on any atom is -0.368 e. The lowest BCUT2D eigenvalue weighted by atomic mass is 10.2. The molecule has 7 heteroatoms. The second-order valence-corrected chi connectivity index (χ2v) is 4.58. The first-order chi connectivity index (χ1) is 7.18. The van der Waals surface area contributed by atoms with Gasteiger partial charge in [0.05, 0.1) is 5.01 Å². The van der Waals surface area contributed by atoms with E-state index in [1.807, 2.05) is 5.38 Å². The molecule has 1 unspecified atom stereocenters. The van der Waals surface area contributed by atoms with Crippen LogP contribution in [0.3, 0.4) is 0 Å². The van der Waals surface area contributed by atoms with E-state index in [1.54, 1.807) is 22.1 Å². The Morgan fingerprint density at radius 1 is 1.73 bits per heavy atom. The third kappa shape index (κ3) is 2.07. The zero-order chi connectivity index (χ0) is 10.8. The number of nitrogen functional groups attached to an aromatic ring is 1. The zero-order valence-electron chi connectivity index (χ0n) is 8.17. The first kappa shape index (κ1) is 10.3. The van der Waals surface area contributed by atoms with E-state index in [1.165, 1.54) is 0 Å². The summed E-state index contributed by atoms with van der Waals surface area (Å²) in [6.45, 7) is 2.79. The molecule has 2 aromatic heterocycles. The SMILES string of the molecule is CC(Cn1c(N)n[nH]c1=S)c1nccs1. The fourth-order valence-corrected chi connectivity index (χ4v) is 2.24. The Balaban J connectivity index is 2.19. The van der Waals surface area contributed by atoms with E-state index in [0.717, 1.165) is 5.01 Å². The Morgan fingerprint density at radius 3 is 3.07 bits per heavy atom. The largest absolute Gasteiger partial charge is 0.368 e. The smallest absolute Gasteiger partial charge is 0.220 e. The fourth-order valence-electron chi connectivity index (χ4n) is 1.34. The summed E-state index contributed by atoms with van der Waals surface area (Å²) in [5, 5.41) is 9.56. The second kappa shape index (κ2) is 4.11. The van der Waals surface area contributed by atoms with Crippen molar-refractivity contribution in [3.05, 3.63) is 21.4 Å². The summed E-state index contributed by atoms with van der Waals surface area (Å²) in [6, 6.07) is 0. The van der Waals surface area contributed by atoms with Crippen molar-refractivity contribution in [2.45, 2.75) is 19.4 Å². The van der Waals surface area contributed by atoms with Crippen molar-refractivity contribution in [1.29, 1.82) is 0 Å². The number of aromatic amines is 1. The minimum atomic E-state index is 0.289. The quantitative estimate of drug-likeness (QED) is 0.803. The maximum absolute atomic E-state index is 5.68. The predicted molar refractivity (Wildman–Crippen MR) is 62.4 cm³/mol.